The molecule has 0 heterocycles. The van der Waals surface area contributed by atoms with Gasteiger partial charge in [0.2, 0.25) is 15.9 Å². The summed E-state index contributed by atoms with van der Waals surface area (Å²) in [4.78, 5) is 12.3. The molecule has 1 amide bonds. The molecule has 0 saturated heterocycles. The van der Waals surface area contributed by atoms with E-state index in [0.717, 1.165) is 5.56 Å². The number of methoxy groups -OCH3 is 1. The smallest absolute Gasteiger partial charge is 0.242 e. The lowest BCUT2D eigenvalue weighted by Gasteiger charge is -2.18. The topological polar surface area (TPSA) is 75.7 Å². The maximum atomic E-state index is 12.6. The summed E-state index contributed by atoms with van der Waals surface area (Å²) in [6.07, 6.45) is 0.658. The molecule has 0 aliphatic rings. The molecule has 2 rings (SSSR count). The Hall–Kier alpha value is -2.09. The largest absolute Gasteiger partial charge is 0.497 e. The van der Waals surface area contributed by atoms with Crippen LogP contribution in [-0.4, -0.2) is 39.3 Å². The quantitative estimate of drug-likeness (QED) is 0.667. The molecule has 28 heavy (non-hydrogen) atoms. The Morgan fingerprint density at radius 1 is 1.14 bits per heavy atom. The molecular weight excluding hydrogens is 400 g/mol. The molecule has 0 spiro atoms. The summed E-state index contributed by atoms with van der Waals surface area (Å²) < 4.78 is 31.4. The lowest BCUT2D eigenvalue weighted by Crippen LogP contribution is -2.30. The number of hydrogen-bond donors (Lipinski definition) is 1. The van der Waals surface area contributed by atoms with Crippen molar-refractivity contribution in [2.75, 3.05) is 20.7 Å². The van der Waals surface area contributed by atoms with Gasteiger partial charge in [0.15, 0.2) is 0 Å². The maximum Gasteiger partial charge on any atom is 0.242 e. The van der Waals surface area contributed by atoms with Gasteiger partial charge < -0.3 is 10.1 Å². The van der Waals surface area contributed by atoms with E-state index in [1.54, 1.807) is 24.3 Å². The third-order valence-electron chi connectivity index (χ3n) is 4.39. The fourth-order valence-electron chi connectivity index (χ4n) is 2.66. The summed E-state index contributed by atoms with van der Waals surface area (Å²) in [6, 6.07) is 13.3. The van der Waals surface area contributed by atoms with E-state index in [9.17, 15) is 13.2 Å². The van der Waals surface area contributed by atoms with Gasteiger partial charge in [-0.3, -0.25) is 4.79 Å². The molecule has 6 nitrogen and oxygen atoms in total. The van der Waals surface area contributed by atoms with Crippen molar-refractivity contribution in [1.29, 1.82) is 0 Å². The van der Waals surface area contributed by atoms with Gasteiger partial charge in [-0.05, 0) is 55.3 Å². The van der Waals surface area contributed by atoms with E-state index in [-0.39, 0.29) is 29.8 Å². The van der Waals surface area contributed by atoms with Crippen LogP contribution in [0.2, 0.25) is 5.02 Å². The van der Waals surface area contributed by atoms with E-state index in [0.29, 0.717) is 17.2 Å². The second kappa shape index (κ2) is 9.91. The highest BCUT2D eigenvalue weighted by Crippen LogP contribution is 2.19. The van der Waals surface area contributed by atoms with Crippen LogP contribution in [0.25, 0.3) is 0 Å². The minimum Gasteiger partial charge on any atom is -0.497 e. The summed E-state index contributed by atoms with van der Waals surface area (Å²) in [5.74, 6) is 0.464. The van der Waals surface area contributed by atoms with Gasteiger partial charge in [0, 0.05) is 25.0 Å². The number of nitrogens with one attached hydrogen (secondary N) is 1. The van der Waals surface area contributed by atoms with E-state index < -0.39 is 10.0 Å². The Labute approximate surface area is 171 Å². The van der Waals surface area contributed by atoms with Crippen molar-refractivity contribution in [3.05, 3.63) is 59.1 Å². The van der Waals surface area contributed by atoms with E-state index in [1.165, 1.54) is 30.6 Å². The summed E-state index contributed by atoms with van der Waals surface area (Å²) in [7, 11) is -0.568. The molecule has 0 aliphatic heterocycles. The molecule has 0 aliphatic carbocycles. The SMILES string of the molecule is COc1ccc(S(=O)(=O)N(C)CCCC(=O)N[C@H](C)c2ccc(Cl)cc2)cc1. The monoisotopic (exact) mass is 424 g/mol. The number of carbonyl (C=O) groups excluding carboxylic acids is 1. The fraction of sp³-hybridized carbons (Fsp3) is 0.350. The zero-order valence-electron chi connectivity index (χ0n) is 16.2. The van der Waals surface area contributed by atoms with Crippen molar-refractivity contribution in [2.24, 2.45) is 0 Å². The average Bonchev–Trinajstić information content (AvgIpc) is 2.68. The lowest BCUT2D eigenvalue weighted by molar-refractivity contribution is -0.121. The average molecular weight is 425 g/mol. The number of benzene rings is 2. The third kappa shape index (κ3) is 5.95. The van der Waals surface area contributed by atoms with Crippen molar-refractivity contribution < 1.29 is 17.9 Å². The first-order valence-electron chi connectivity index (χ1n) is 8.89. The molecule has 0 bridgehead atoms. The van der Waals surface area contributed by atoms with E-state index in [4.69, 9.17) is 16.3 Å². The molecule has 2 aromatic carbocycles. The number of sulfonamides is 1. The minimum atomic E-state index is -3.60. The van der Waals surface area contributed by atoms with Crippen LogP contribution in [0.4, 0.5) is 0 Å². The van der Waals surface area contributed by atoms with Crippen LogP contribution in [0.5, 0.6) is 5.75 Å². The highest BCUT2D eigenvalue weighted by Gasteiger charge is 2.20. The first-order chi connectivity index (χ1) is 13.2. The molecule has 0 radical (unpaired) electrons. The number of hydrogen-bond acceptors (Lipinski definition) is 4. The van der Waals surface area contributed by atoms with Gasteiger partial charge in [0.25, 0.3) is 0 Å². The van der Waals surface area contributed by atoms with Crippen molar-refractivity contribution in [3.63, 3.8) is 0 Å². The molecule has 0 aromatic heterocycles. The Kier molecular flexibility index (Phi) is 7.86. The van der Waals surface area contributed by atoms with Crippen molar-refractivity contribution in [3.8, 4) is 5.75 Å². The van der Waals surface area contributed by atoms with Gasteiger partial charge in [0.05, 0.1) is 18.0 Å². The van der Waals surface area contributed by atoms with Crippen LogP contribution in [0, 0.1) is 0 Å². The summed E-state index contributed by atoms with van der Waals surface area (Å²) in [5.41, 5.74) is 0.956. The molecule has 1 atom stereocenters. The van der Waals surface area contributed by atoms with Gasteiger partial charge in [-0.15, -0.1) is 0 Å². The van der Waals surface area contributed by atoms with Crippen LogP contribution in [0.3, 0.4) is 0 Å². The molecule has 0 unspecified atom stereocenters. The van der Waals surface area contributed by atoms with Crippen LogP contribution in [0.1, 0.15) is 31.4 Å². The Bertz CT molecular complexity index is 883. The number of ether oxygens (including phenoxy) is 1. The van der Waals surface area contributed by atoms with E-state index in [2.05, 4.69) is 5.32 Å². The van der Waals surface area contributed by atoms with Crippen LogP contribution in [0.15, 0.2) is 53.4 Å². The number of amides is 1. The Morgan fingerprint density at radius 3 is 2.32 bits per heavy atom. The van der Waals surface area contributed by atoms with Crippen molar-refractivity contribution in [2.45, 2.75) is 30.7 Å². The second-order valence-corrected chi connectivity index (χ2v) is 8.93. The van der Waals surface area contributed by atoms with Crippen LogP contribution in [-0.2, 0) is 14.8 Å². The number of nitrogens with zero attached hydrogens (tertiary/aromatic N) is 1. The van der Waals surface area contributed by atoms with Gasteiger partial charge in [0.1, 0.15) is 5.75 Å². The van der Waals surface area contributed by atoms with E-state index >= 15 is 0 Å². The van der Waals surface area contributed by atoms with E-state index in [1.807, 2.05) is 19.1 Å². The maximum absolute atomic E-state index is 12.6. The Morgan fingerprint density at radius 2 is 1.75 bits per heavy atom. The predicted octanol–water partition coefficient (Wildman–Crippen LogP) is 3.63. The van der Waals surface area contributed by atoms with Gasteiger partial charge >= 0.3 is 0 Å². The lowest BCUT2D eigenvalue weighted by atomic mass is 10.1. The standard InChI is InChI=1S/C20H25ClN2O4S/c1-15(16-6-8-17(21)9-7-16)22-20(24)5-4-14-23(2)28(25,26)19-12-10-18(27-3)11-13-19/h6-13,15H,4-5,14H2,1-3H3,(H,22,24)/t15-/m1/s1. The van der Waals surface area contributed by atoms with Crippen LogP contribution >= 0.6 is 11.6 Å². The zero-order valence-corrected chi connectivity index (χ0v) is 17.8. The first-order valence-corrected chi connectivity index (χ1v) is 10.7. The molecule has 2 aromatic rings. The van der Waals surface area contributed by atoms with Crippen LogP contribution < -0.4 is 10.1 Å². The molecular formula is C20H25ClN2O4S. The predicted molar refractivity (Wildman–Crippen MR) is 110 cm³/mol. The van der Waals surface area contributed by atoms with Crippen molar-refractivity contribution in [1.82, 2.24) is 9.62 Å². The molecule has 8 heteroatoms. The minimum absolute atomic E-state index is 0.127. The van der Waals surface area contributed by atoms with Gasteiger partial charge in [-0.25, -0.2) is 12.7 Å². The Balaban J connectivity index is 1.83. The molecule has 0 fully saturated rings. The number of halogens is 1. The summed E-state index contributed by atoms with van der Waals surface area (Å²) in [5, 5.41) is 3.55. The number of carbonyl (C=O) groups is 1. The third-order valence-corrected chi connectivity index (χ3v) is 6.52. The molecule has 0 saturated carbocycles. The zero-order chi connectivity index (χ0) is 20.7. The van der Waals surface area contributed by atoms with Crippen molar-refractivity contribution >= 4 is 27.5 Å². The second-order valence-electron chi connectivity index (χ2n) is 6.45. The first kappa shape index (κ1) is 22.2. The molecule has 1 N–H and O–H groups in total. The highest BCUT2D eigenvalue weighted by atomic mass is 35.5. The highest BCUT2D eigenvalue weighted by molar-refractivity contribution is 7.89. The fourth-order valence-corrected chi connectivity index (χ4v) is 3.99. The summed E-state index contributed by atoms with van der Waals surface area (Å²) >= 11 is 5.87. The summed E-state index contributed by atoms with van der Waals surface area (Å²) in [6.45, 7) is 2.14. The molecule has 152 valence electrons. The number of rotatable bonds is 9. The van der Waals surface area contributed by atoms with Gasteiger partial charge in [-0.2, -0.15) is 0 Å². The van der Waals surface area contributed by atoms with Gasteiger partial charge in [-0.1, -0.05) is 23.7 Å². The normalized spacial score (nSPS) is 12.6.